The molecule has 0 spiro atoms. The number of rotatable bonds is 2. The van der Waals surface area contributed by atoms with Gasteiger partial charge < -0.3 is 16.4 Å². The van der Waals surface area contributed by atoms with E-state index in [1.54, 1.807) is 6.92 Å². The quantitative estimate of drug-likeness (QED) is 0.619. The van der Waals surface area contributed by atoms with Crippen molar-refractivity contribution in [3.63, 3.8) is 0 Å². The van der Waals surface area contributed by atoms with Gasteiger partial charge in [-0.2, -0.15) is 0 Å². The van der Waals surface area contributed by atoms with E-state index in [2.05, 4.69) is 0 Å². The van der Waals surface area contributed by atoms with E-state index in [0.717, 1.165) is 19.4 Å². The van der Waals surface area contributed by atoms with Crippen molar-refractivity contribution in [3.8, 4) is 0 Å². The average Bonchev–Trinajstić information content (AvgIpc) is 2.16. The molecule has 0 aromatic rings. The Morgan fingerprint density at radius 1 is 1.62 bits per heavy atom. The Bertz CT molecular complexity index is 182. The normalized spacial score (nSPS) is 25.8. The molecule has 1 fully saturated rings. The molecule has 76 valence electrons. The number of carbonyl (C=O) groups excluding carboxylic acids is 1. The van der Waals surface area contributed by atoms with Crippen LogP contribution in [0.2, 0.25) is 0 Å². The lowest BCUT2D eigenvalue weighted by Gasteiger charge is -2.36. The number of hydrogen-bond acceptors (Lipinski definition) is 3. The Morgan fingerprint density at radius 3 is 2.85 bits per heavy atom. The topological polar surface area (TPSA) is 72.4 Å². The van der Waals surface area contributed by atoms with Crippen LogP contribution in [0.1, 0.15) is 26.2 Å². The lowest BCUT2D eigenvalue weighted by atomic mass is 10.0. The predicted octanol–water partition coefficient (Wildman–Crippen LogP) is -0.327. The van der Waals surface area contributed by atoms with Gasteiger partial charge in [0.25, 0.3) is 0 Å². The fourth-order valence-corrected chi connectivity index (χ4v) is 1.80. The van der Waals surface area contributed by atoms with Gasteiger partial charge in [0.1, 0.15) is 0 Å². The number of hydrogen-bond donors (Lipinski definition) is 2. The zero-order valence-corrected chi connectivity index (χ0v) is 8.20. The van der Waals surface area contributed by atoms with Crippen molar-refractivity contribution in [2.24, 2.45) is 11.5 Å². The number of nitrogens with two attached hydrogens (primary N) is 2. The van der Waals surface area contributed by atoms with Crippen LogP contribution in [0.3, 0.4) is 0 Å². The van der Waals surface area contributed by atoms with Gasteiger partial charge in [-0.15, -0.1) is 0 Å². The third-order valence-electron chi connectivity index (χ3n) is 2.57. The van der Waals surface area contributed by atoms with Gasteiger partial charge in [-0.25, -0.2) is 0 Å². The van der Waals surface area contributed by atoms with Crippen LogP contribution >= 0.6 is 0 Å². The fraction of sp³-hybridized carbons (Fsp3) is 0.889. The zero-order valence-electron chi connectivity index (χ0n) is 8.20. The molecular formula is C9H19N3O. The van der Waals surface area contributed by atoms with E-state index in [-0.39, 0.29) is 11.9 Å². The van der Waals surface area contributed by atoms with Crippen LogP contribution < -0.4 is 11.5 Å². The summed E-state index contributed by atoms with van der Waals surface area (Å²) in [5.41, 5.74) is 11.1. The first kappa shape index (κ1) is 10.5. The van der Waals surface area contributed by atoms with Gasteiger partial charge in [0.05, 0.1) is 6.04 Å². The fourth-order valence-electron chi connectivity index (χ4n) is 1.80. The standard InChI is InChI=1S/C9H19N3O/c1-7(11)9(13)12-5-3-2-4-8(12)6-10/h7-8H,2-6,10-11H2,1H3/t7-,8?/m1/s1. The largest absolute Gasteiger partial charge is 0.337 e. The summed E-state index contributed by atoms with van der Waals surface area (Å²) in [7, 11) is 0. The Labute approximate surface area is 79.3 Å². The molecule has 1 unspecified atom stereocenters. The number of carbonyl (C=O) groups is 1. The van der Waals surface area contributed by atoms with E-state index < -0.39 is 6.04 Å². The first-order valence-electron chi connectivity index (χ1n) is 4.93. The lowest BCUT2D eigenvalue weighted by Crippen LogP contribution is -2.52. The van der Waals surface area contributed by atoms with Crippen molar-refractivity contribution in [1.82, 2.24) is 4.90 Å². The minimum atomic E-state index is -0.396. The van der Waals surface area contributed by atoms with E-state index in [9.17, 15) is 4.79 Å². The highest BCUT2D eigenvalue weighted by Gasteiger charge is 2.26. The van der Waals surface area contributed by atoms with Gasteiger partial charge in [-0.05, 0) is 26.2 Å². The minimum Gasteiger partial charge on any atom is -0.337 e. The molecule has 0 aromatic heterocycles. The third kappa shape index (κ3) is 2.42. The summed E-state index contributed by atoms with van der Waals surface area (Å²) in [6, 6.07) is -0.181. The Hall–Kier alpha value is -0.610. The summed E-state index contributed by atoms with van der Waals surface area (Å²) in [6.07, 6.45) is 3.27. The highest BCUT2D eigenvalue weighted by atomic mass is 16.2. The summed E-state index contributed by atoms with van der Waals surface area (Å²) in [6.45, 7) is 3.10. The highest BCUT2D eigenvalue weighted by molar-refractivity contribution is 5.81. The van der Waals surface area contributed by atoms with Crippen molar-refractivity contribution in [1.29, 1.82) is 0 Å². The first-order valence-corrected chi connectivity index (χ1v) is 4.93. The summed E-state index contributed by atoms with van der Waals surface area (Å²) in [5.74, 6) is 0.0372. The van der Waals surface area contributed by atoms with Crippen molar-refractivity contribution >= 4 is 5.91 Å². The molecule has 0 bridgehead atoms. The molecule has 4 heteroatoms. The van der Waals surface area contributed by atoms with Crippen molar-refractivity contribution in [3.05, 3.63) is 0 Å². The van der Waals surface area contributed by atoms with Crippen LogP contribution in [-0.2, 0) is 4.79 Å². The van der Waals surface area contributed by atoms with E-state index >= 15 is 0 Å². The lowest BCUT2D eigenvalue weighted by molar-refractivity contribution is -0.135. The number of amides is 1. The van der Waals surface area contributed by atoms with E-state index in [0.29, 0.717) is 6.54 Å². The molecule has 0 radical (unpaired) electrons. The molecule has 4 nitrogen and oxygen atoms in total. The van der Waals surface area contributed by atoms with Crippen LogP contribution in [-0.4, -0.2) is 36.0 Å². The molecule has 1 rings (SSSR count). The van der Waals surface area contributed by atoms with Gasteiger partial charge in [0.2, 0.25) is 5.91 Å². The van der Waals surface area contributed by atoms with Crippen LogP contribution in [0.15, 0.2) is 0 Å². The first-order chi connectivity index (χ1) is 6.16. The number of likely N-dealkylation sites (tertiary alicyclic amines) is 1. The summed E-state index contributed by atoms with van der Waals surface area (Å²) < 4.78 is 0. The molecule has 0 saturated carbocycles. The molecule has 1 aliphatic rings. The monoisotopic (exact) mass is 185 g/mol. The molecule has 1 aliphatic heterocycles. The van der Waals surface area contributed by atoms with Crippen molar-refractivity contribution < 1.29 is 4.79 Å². The number of piperidine rings is 1. The molecule has 0 aliphatic carbocycles. The second-order valence-electron chi connectivity index (χ2n) is 3.71. The van der Waals surface area contributed by atoms with Crippen LogP contribution in [0, 0.1) is 0 Å². The summed E-state index contributed by atoms with van der Waals surface area (Å²) >= 11 is 0. The van der Waals surface area contributed by atoms with Crippen LogP contribution in [0.25, 0.3) is 0 Å². The Kier molecular flexibility index (Phi) is 3.69. The molecule has 0 aromatic carbocycles. The van der Waals surface area contributed by atoms with Gasteiger partial charge in [-0.1, -0.05) is 0 Å². The maximum atomic E-state index is 11.6. The number of nitrogens with zero attached hydrogens (tertiary/aromatic N) is 1. The molecule has 1 heterocycles. The second kappa shape index (κ2) is 4.58. The molecular weight excluding hydrogens is 166 g/mol. The van der Waals surface area contributed by atoms with Crippen LogP contribution in [0.4, 0.5) is 0 Å². The Morgan fingerprint density at radius 2 is 2.31 bits per heavy atom. The minimum absolute atomic E-state index is 0.0372. The second-order valence-corrected chi connectivity index (χ2v) is 3.71. The van der Waals surface area contributed by atoms with Gasteiger partial charge >= 0.3 is 0 Å². The predicted molar refractivity (Wildman–Crippen MR) is 52.1 cm³/mol. The smallest absolute Gasteiger partial charge is 0.239 e. The molecule has 2 atom stereocenters. The highest BCUT2D eigenvalue weighted by Crippen LogP contribution is 2.16. The SMILES string of the molecule is C[C@@H](N)C(=O)N1CCCCC1CN. The van der Waals surface area contributed by atoms with Crippen LogP contribution in [0.5, 0.6) is 0 Å². The van der Waals surface area contributed by atoms with E-state index in [1.165, 1.54) is 6.42 Å². The average molecular weight is 185 g/mol. The third-order valence-corrected chi connectivity index (χ3v) is 2.57. The van der Waals surface area contributed by atoms with E-state index in [1.807, 2.05) is 4.90 Å². The van der Waals surface area contributed by atoms with Crippen molar-refractivity contribution in [2.45, 2.75) is 38.3 Å². The summed E-state index contributed by atoms with van der Waals surface area (Å²) in [5, 5.41) is 0. The zero-order chi connectivity index (χ0) is 9.84. The van der Waals surface area contributed by atoms with Gasteiger partial charge in [0.15, 0.2) is 0 Å². The molecule has 4 N–H and O–H groups in total. The molecule has 13 heavy (non-hydrogen) atoms. The van der Waals surface area contributed by atoms with Gasteiger partial charge in [-0.3, -0.25) is 4.79 Å². The maximum absolute atomic E-state index is 11.6. The van der Waals surface area contributed by atoms with E-state index in [4.69, 9.17) is 11.5 Å². The van der Waals surface area contributed by atoms with Crippen molar-refractivity contribution in [2.75, 3.05) is 13.1 Å². The molecule has 1 saturated heterocycles. The molecule has 1 amide bonds. The summed E-state index contributed by atoms with van der Waals surface area (Å²) in [4.78, 5) is 13.5. The Balaban J connectivity index is 2.58. The maximum Gasteiger partial charge on any atom is 0.239 e. The van der Waals surface area contributed by atoms with Gasteiger partial charge in [0, 0.05) is 19.1 Å².